The minimum Gasteiger partial charge on any atom is -0.411 e. The largest absolute Gasteiger partial charge is 0.411 e. The van der Waals surface area contributed by atoms with E-state index in [1.54, 1.807) is 0 Å². The highest BCUT2D eigenvalue weighted by atomic mass is 35.5. The first-order chi connectivity index (χ1) is 12.6. The summed E-state index contributed by atoms with van der Waals surface area (Å²) in [5.41, 5.74) is 5.11. The van der Waals surface area contributed by atoms with Crippen molar-refractivity contribution in [3.63, 3.8) is 0 Å². The number of benzene rings is 2. The van der Waals surface area contributed by atoms with Gasteiger partial charge >= 0.3 is 0 Å². The highest BCUT2D eigenvalue weighted by Crippen LogP contribution is 2.29. The molecule has 26 heavy (non-hydrogen) atoms. The molecule has 130 valence electrons. The second-order valence-corrected chi connectivity index (χ2v) is 7.45. The predicted molar refractivity (Wildman–Crippen MR) is 106 cm³/mol. The number of nitrogens with zero attached hydrogens (tertiary/aromatic N) is 3. The SMILES string of the molecule is Cc1cc(C)cc(-c2nnc(SCc3cc4ccccc4nc3Cl)o2)c1. The van der Waals surface area contributed by atoms with Gasteiger partial charge in [0.05, 0.1) is 5.52 Å². The van der Waals surface area contributed by atoms with Gasteiger partial charge in [-0.3, -0.25) is 0 Å². The van der Waals surface area contributed by atoms with E-state index in [-0.39, 0.29) is 0 Å². The Bertz CT molecular complexity index is 1070. The minimum atomic E-state index is 0.505. The van der Waals surface area contributed by atoms with Gasteiger partial charge in [-0.15, -0.1) is 10.2 Å². The Labute approximate surface area is 160 Å². The van der Waals surface area contributed by atoms with Crippen LogP contribution < -0.4 is 0 Å². The van der Waals surface area contributed by atoms with E-state index >= 15 is 0 Å². The molecular formula is C20H16ClN3OS. The quantitative estimate of drug-likeness (QED) is 0.328. The summed E-state index contributed by atoms with van der Waals surface area (Å²) >= 11 is 7.77. The summed E-state index contributed by atoms with van der Waals surface area (Å²) in [4.78, 5) is 4.45. The van der Waals surface area contributed by atoms with Crippen LogP contribution in [0.5, 0.6) is 0 Å². The van der Waals surface area contributed by atoms with E-state index < -0.39 is 0 Å². The molecule has 0 atom stereocenters. The first-order valence-corrected chi connectivity index (χ1v) is 9.54. The summed E-state index contributed by atoms with van der Waals surface area (Å²) in [6.07, 6.45) is 0. The average molecular weight is 382 g/mol. The molecule has 4 rings (SSSR count). The summed E-state index contributed by atoms with van der Waals surface area (Å²) in [7, 11) is 0. The van der Waals surface area contributed by atoms with Gasteiger partial charge in [-0.2, -0.15) is 0 Å². The van der Waals surface area contributed by atoms with E-state index in [1.165, 1.54) is 22.9 Å². The van der Waals surface area contributed by atoms with Gasteiger partial charge < -0.3 is 4.42 Å². The third kappa shape index (κ3) is 3.59. The number of aryl methyl sites for hydroxylation is 2. The van der Waals surface area contributed by atoms with Crippen LogP contribution in [0.25, 0.3) is 22.4 Å². The Morgan fingerprint density at radius 3 is 2.58 bits per heavy atom. The summed E-state index contributed by atoms with van der Waals surface area (Å²) in [5, 5.41) is 10.4. The van der Waals surface area contributed by atoms with Gasteiger partial charge in [0.25, 0.3) is 5.22 Å². The van der Waals surface area contributed by atoms with Crippen LogP contribution in [0.2, 0.25) is 5.15 Å². The van der Waals surface area contributed by atoms with E-state index in [4.69, 9.17) is 16.0 Å². The van der Waals surface area contributed by atoms with Crippen LogP contribution in [0.1, 0.15) is 16.7 Å². The van der Waals surface area contributed by atoms with E-state index in [0.717, 1.165) is 22.0 Å². The summed E-state index contributed by atoms with van der Waals surface area (Å²) in [5.74, 6) is 1.15. The number of hydrogen-bond acceptors (Lipinski definition) is 5. The highest BCUT2D eigenvalue weighted by Gasteiger charge is 2.12. The van der Waals surface area contributed by atoms with Crippen molar-refractivity contribution in [1.29, 1.82) is 0 Å². The van der Waals surface area contributed by atoms with Crippen LogP contribution in [0.15, 0.2) is 58.2 Å². The number of aromatic nitrogens is 3. The molecule has 0 saturated carbocycles. The number of halogens is 1. The first-order valence-electron chi connectivity index (χ1n) is 8.17. The standard InChI is InChI=1S/C20H16ClN3OS/c1-12-7-13(2)9-15(8-12)19-23-24-20(25-19)26-11-16-10-14-5-3-4-6-17(14)22-18(16)21/h3-10H,11H2,1-2H3. The zero-order chi connectivity index (χ0) is 18.1. The average Bonchev–Trinajstić information content (AvgIpc) is 3.08. The topological polar surface area (TPSA) is 51.8 Å². The molecule has 0 N–H and O–H groups in total. The molecule has 0 amide bonds. The van der Waals surface area contributed by atoms with Gasteiger partial charge in [0.1, 0.15) is 5.15 Å². The van der Waals surface area contributed by atoms with Crippen LogP contribution in [-0.4, -0.2) is 15.2 Å². The van der Waals surface area contributed by atoms with Crippen molar-refractivity contribution in [3.8, 4) is 11.5 Å². The lowest BCUT2D eigenvalue weighted by Crippen LogP contribution is -1.88. The molecule has 0 fully saturated rings. The monoisotopic (exact) mass is 381 g/mol. The molecule has 0 unspecified atom stereocenters. The van der Waals surface area contributed by atoms with Crippen LogP contribution in [0.3, 0.4) is 0 Å². The molecule has 4 nitrogen and oxygen atoms in total. The van der Waals surface area contributed by atoms with Crippen molar-refractivity contribution in [2.75, 3.05) is 0 Å². The smallest absolute Gasteiger partial charge is 0.277 e. The van der Waals surface area contributed by atoms with E-state index in [2.05, 4.69) is 41.2 Å². The molecule has 0 saturated heterocycles. The second-order valence-electron chi connectivity index (χ2n) is 6.17. The van der Waals surface area contributed by atoms with Crippen molar-refractivity contribution in [3.05, 3.63) is 70.4 Å². The fraction of sp³-hybridized carbons (Fsp3) is 0.150. The van der Waals surface area contributed by atoms with Crippen molar-refractivity contribution >= 4 is 34.3 Å². The van der Waals surface area contributed by atoms with Gasteiger partial charge in [-0.05, 0) is 38.1 Å². The van der Waals surface area contributed by atoms with Crippen molar-refractivity contribution in [2.45, 2.75) is 24.8 Å². The molecular weight excluding hydrogens is 366 g/mol. The number of rotatable bonds is 4. The minimum absolute atomic E-state index is 0.505. The molecule has 0 radical (unpaired) electrons. The van der Waals surface area contributed by atoms with Crippen LogP contribution in [0.4, 0.5) is 0 Å². The fourth-order valence-electron chi connectivity index (χ4n) is 2.86. The number of para-hydroxylation sites is 1. The lowest BCUT2D eigenvalue weighted by molar-refractivity contribution is 0.466. The maximum absolute atomic E-state index is 6.31. The van der Waals surface area contributed by atoms with Gasteiger partial charge in [0.2, 0.25) is 5.89 Å². The maximum Gasteiger partial charge on any atom is 0.277 e. The summed E-state index contributed by atoms with van der Waals surface area (Å²) in [6.45, 7) is 4.11. The van der Waals surface area contributed by atoms with Gasteiger partial charge in [-0.25, -0.2) is 4.98 Å². The van der Waals surface area contributed by atoms with E-state index in [1.807, 2.05) is 36.4 Å². The lowest BCUT2D eigenvalue weighted by Gasteiger charge is -2.04. The van der Waals surface area contributed by atoms with Gasteiger partial charge in [-0.1, -0.05) is 58.8 Å². The Hall–Kier alpha value is -2.37. The van der Waals surface area contributed by atoms with Gasteiger partial charge in [0, 0.05) is 22.3 Å². The van der Waals surface area contributed by atoms with Crippen LogP contribution in [0, 0.1) is 13.8 Å². The molecule has 4 aromatic rings. The molecule has 2 heterocycles. The van der Waals surface area contributed by atoms with Crippen molar-refractivity contribution < 1.29 is 4.42 Å². The molecule has 2 aromatic heterocycles. The maximum atomic E-state index is 6.31. The van der Waals surface area contributed by atoms with E-state index in [9.17, 15) is 0 Å². The molecule has 0 aliphatic carbocycles. The molecule has 0 bridgehead atoms. The summed E-state index contributed by atoms with van der Waals surface area (Å²) in [6, 6.07) is 16.2. The number of hydrogen-bond donors (Lipinski definition) is 0. The van der Waals surface area contributed by atoms with Crippen molar-refractivity contribution in [2.24, 2.45) is 0 Å². The molecule has 0 spiro atoms. The highest BCUT2D eigenvalue weighted by molar-refractivity contribution is 7.98. The summed E-state index contributed by atoms with van der Waals surface area (Å²) < 4.78 is 5.81. The predicted octanol–water partition coefficient (Wildman–Crippen LogP) is 5.85. The zero-order valence-electron chi connectivity index (χ0n) is 14.4. The Morgan fingerprint density at radius 2 is 1.77 bits per heavy atom. The van der Waals surface area contributed by atoms with Crippen molar-refractivity contribution in [1.82, 2.24) is 15.2 Å². The zero-order valence-corrected chi connectivity index (χ0v) is 15.9. The second kappa shape index (κ2) is 7.09. The fourth-order valence-corrected chi connectivity index (χ4v) is 3.89. The lowest BCUT2D eigenvalue weighted by atomic mass is 10.1. The first kappa shape index (κ1) is 17.1. The molecule has 2 aromatic carbocycles. The third-order valence-electron chi connectivity index (χ3n) is 3.98. The number of pyridine rings is 1. The van der Waals surface area contributed by atoms with Crippen LogP contribution in [-0.2, 0) is 5.75 Å². The number of thioether (sulfide) groups is 1. The molecule has 6 heteroatoms. The van der Waals surface area contributed by atoms with Crippen LogP contribution >= 0.6 is 23.4 Å². The third-order valence-corrected chi connectivity index (χ3v) is 5.17. The molecule has 0 aliphatic rings. The Morgan fingerprint density at radius 1 is 1.00 bits per heavy atom. The van der Waals surface area contributed by atoms with Gasteiger partial charge in [0.15, 0.2) is 0 Å². The van der Waals surface area contributed by atoms with E-state index in [0.29, 0.717) is 22.0 Å². The Balaban J connectivity index is 1.54. The Kier molecular flexibility index (Phi) is 4.66. The molecule has 0 aliphatic heterocycles. The number of fused-ring (bicyclic) bond motifs is 1. The normalized spacial score (nSPS) is 11.2.